The molecule has 0 fully saturated rings. The molecule has 3 rings (SSSR count). The molecule has 0 spiro atoms. The first kappa shape index (κ1) is 17.5. The average molecular weight is 359 g/mol. The lowest BCUT2D eigenvalue weighted by atomic mass is 9.95. The number of hydrogen-bond donors (Lipinski definition) is 1. The molecule has 1 aliphatic rings. The number of carbonyl (C=O) groups excluding carboxylic acids is 2. The number of rotatable bonds is 5. The monoisotopic (exact) mass is 359 g/mol. The summed E-state index contributed by atoms with van der Waals surface area (Å²) in [5, 5.41) is 3.41. The summed E-state index contributed by atoms with van der Waals surface area (Å²) in [7, 11) is 0. The summed E-state index contributed by atoms with van der Waals surface area (Å²) in [6, 6.07) is 3.64. The molecule has 0 saturated carbocycles. The standard InChI is InChI=1S/C19H21NO4S/c1-3-23-19(22)17-14-6-4-5-7-15(14)25-18(17)20-16(21)11-10-13-9-8-12(2)24-13/h8-11H,3-7H2,1-2H3,(H,20,21)/b11-10+. The van der Waals surface area contributed by atoms with Crippen LogP contribution in [0.4, 0.5) is 5.00 Å². The van der Waals surface area contributed by atoms with Gasteiger partial charge in [0.15, 0.2) is 0 Å². The quantitative estimate of drug-likeness (QED) is 0.636. The van der Waals surface area contributed by atoms with Gasteiger partial charge in [-0.15, -0.1) is 11.3 Å². The summed E-state index contributed by atoms with van der Waals surface area (Å²) in [4.78, 5) is 25.8. The molecule has 1 N–H and O–H groups in total. The van der Waals surface area contributed by atoms with E-state index >= 15 is 0 Å². The largest absolute Gasteiger partial charge is 0.462 e. The fourth-order valence-corrected chi connectivity index (χ4v) is 4.21. The van der Waals surface area contributed by atoms with E-state index in [1.807, 2.05) is 13.0 Å². The zero-order chi connectivity index (χ0) is 17.8. The van der Waals surface area contributed by atoms with Crippen LogP contribution in [0, 0.1) is 6.92 Å². The first-order chi connectivity index (χ1) is 12.1. The lowest BCUT2D eigenvalue weighted by Crippen LogP contribution is -2.14. The highest BCUT2D eigenvalue weighted by Gasteiger charge is 2.26. The minimum atomic E-state index is -0.358. The Bertz CT molecular complexity index is 816. The molecule has 2 heterocycles. The minimum absolute atomic E-state index is 0.293. The third-order valence-corrected chi connectivity index (χ3v) is 5.25. The molecule has 0 aliphatic heterocycles. The molecule has 0 atom stereocenters. The highest BCUT2D eigenvalue weighted by molar-refractivity contribution is 7.17. The number of furan rings is 1. The van der Waals surface area contributed by atoms with Gasteiger partial charge in [0.25, 0.3) is 0 Å². The Morgan fingerprint density at radius 3 is 2.84 bits per heavy atom. The Morgan fingerprint density at radius 2 is 2.12 bits per heavy atom. The molecule has 132 valence electrons. The van der Waals surface area contributed by atoms with E-state index in [0.29, 0.717) is 22.9 Å². The molecule has 2 aromatic rings. The van der Waals surface area contributed by atoms with Crippen molar-refractivity contribution in [2.45, 2.75) is 39.5 Å². The SMILES string of the molecule is CCOC(=O)c1c(NC(=O)/C=C/c2ccc(C)o2)sc2c1CCCC2. The van der Waals surface area contributed by atoms with Gasteiger partial charge in [-0.05, 0) is 63.3 Å². The second-order valence-corrected chi connectivity index (χ2v) is 7.01. The highest BCUT2D eigenvalue weighted by Crippen LogP contribution is 2.38. The lowest BCUT2D eigenvalue weighted by molar-refractivity contribution is -0.111. The predicted octanol–water partition coefficient (Wildman–Crippen LogP) is 4.36. The number of aryl methyl sites for hydroxylation is 2. The summed E-state index contributed by atoms with van der Waals surface area (Å²) in [5.41, 5.74) is 1.56. The molecule has 0 aromatic carbocycles. The van der Waals surface area contributed by atoms with E-state index in [2.05, 4.69) is 5.32 Å². The van der Waals surface area contributed by atoms with Gasteiger partial charge in [0.2, 0.25) is 5.91 Å². The predicted molar refractivity (Wildman–Crippen MR) is 98.0 cm³/mol. The van der Waals surface area contributed by atoms with Crippen LogP contribution in [0.1, 0.15) is 52.1 Å². The number of carbonyl (C=O) groups is 2. The Labute approximate surface area is 150 Å². The van der Waals surface area contributed by atoms with E-state index in [1.54, 1.807) is 19.1 Å². The van der Waals surface area contributed by atoms with Crippen LogP contribution in [0.3, 0.4) is 0 Å². The van der Waals surface area contributed by atoms with Gasteiger partial charge in [-0.25, -0.2) is 4.79 Å². The average Bonchev–Trinajstić information content (AvgIpc) is 3.16. The summed E-state index contributed by atoms with van der Waals surface area (Å²) in [5.74, 6) is 0.750. The molecular formula is C19H21NO4S. The molecule has 0 saturated heterocycles. The van der Waals surface area contributed by atoms with Crippen molar-refractivity contribution in [1.82, 2.24) is 0 Å². The minimum Gasteiger partial charge on any atom is -0.462 e. The summed E-state index contributed by atoms with van der Waals surface area (Å²) < 4.78 is 10.6. The summed E-state index contributed by atoms with van der Waals surface area (Å²) in [6.07, 6.45) is 7.00. The van der Waals surface area contributed by atoms with E-state index in [-0.39, 0.29) is 11.9 Å². The zero-order valence-corrected chi connectivity index (χ0v) is 15.2. The van der Waals surface area contributed by atoms with Crippen LogP contribution in [0.2, 0.25) is 0 Å². The Hall–Kier alpha value is -2.34. The Balaban J connectivity index is 1.81. The molecule has 1 aliphatic carbocycles. The topological polar surface area (TPSA) is 68.5 Å². The van der Waals surface area contributed by atoms with Crippen LogP contribution in [0.25, 0.3) is 6.08 Å². The van der Waals surface area contributed by atoms with Crippen LogP contribution in [0.5, 0.6) is 0 Å². The first-order valence-electron chi connectivity index (χ1n) is 8.45. The van der Waals surface area contributed by atoms with E-state index in [1.165, 1.54) is 22.3 Å². The number of thiophene rings is 1. The number of amides is 1. The van der Waals surface area contributed by atoms with Crippen LogP contribution in [0.15, 0.2) is 22.6 Å². The normalized spacial score (nSPS) is 13.7. The van der Waals surface area contributed by atoms with Gasteiger partial charge in [0.05, 0.1) is 12.2 Å². The van der Waals surface area contributed by atoms with E-state index in [4.69, 9.17) is 9.15 Å². The number of nitrogens with one attached hydrogen (secondary N) is 1. The van der Waals surface area contributed by atoms with E-state index in [9.17, 15) is 9.59 Å². The molecule has 0 bridgehead atoms. The van der Waals surface area contributed by atoms with Gasteiger partial charge in [0, 0.05) is 11.0 Å². The molecule has 1 amide bonds. The Kier molecular flexibility index (Phi) is 5.38. The molecule has 2 aromatic heterocycles. The van der Waals surface area contributed by atoms with Crippen molar-refractivity contribution in [1.29, 1.82) is 0 Å². The highest BCUT2D eigenvalue weighted by atomic mass is 32.1. The molecule has 0 radical (unpaired) electrons. The number of hydrogen-bond acceptors (Lipinski definition) is 5. The maximum atomic E-state index is 12.4. The zero-order valence-electron chi connectivity index (χ0n) is 14.4. The fraction of sp³-hybridized carbons (Fsp3) is 0.368. The van der Waals surface area contributed by atoms with Crippen LogP contribution < -0.4 is 5.32 Å². The number of ether oxygens (including phenoxy) is 1. The van der Waals surface area contributed by atoms with Gasteiger partial charge >= 0.3 is 5.97 Å². The Morgan fingerprint density at radius 1 is 1.32 bits per heavy atom. The van der Waals surface area contributed by atoms with Crippen molar-refractivity contribution >= 4 is 34.3 Å². The van der Waals surface area contributed by atoms with Crippen molar-refractivity contribution in [3.8, 4) is 0 Å². The van der Waals surface area contributed by atoms with Crippen molar-refractivity contribution in [2.24, 2.45) is 0 Å². The summed E-state index contributed by atoms with van der Waals surface area (Å²) >= 11 is 1.48. The number of esters is 1. The van der Waals surface area contributed by atoms with Gasteiger partial charge in [-0.1, -0.05) is 0 Å². The fourth-order valence-electron chi connectivity index (χ4n) is 2.93. The molecule has 5 nitrogen and oxygen atoms in total. The van der Waals surface area contributed by atoms with Crippen molar-refractivity contribution in [3.63, 3.8) is 0 Å². The van der Waals surface area contributed by atoms with E-state index in [0.717, 1.165) is 37.0 Å². The molecule has 25 heavy (non-hydrogen) atoms. The maximum absolute atomic E-state index is 12.4. The van der Waals surface area contributed by atoms with Gasteiger partial charge < -0.3 is 14.5 Å². The van der Waals surface area contributed by atoms with Crippen molar-refractivity contribution in [3.05, 3.63) is 45.7 Å². The second-order valence-electron chi connectivity index (χ2n) is 5.91. The lowest BCUT2D eigenvalue weighted by Gasteiger charge is -2.12. The van der Waals surface area contributed by atoms with Crippen LogP contribution in [-0.4, -0.2) is 18.5 Å². The number of anilines is 1. The third-order valence-electron chi connectivity index (χ3n) is 4.05. The third kappa shape index (κ3) is 4.02. The van der Waals surface area contributed by atoms with Gasteiger partial charge in [-0.3, -0.25) is 4.79 Å². The molecular weight excluding hydrogens is 338 g/mol. The first-order valence-corrected chi connectivity index (χ1v) is 9.27. The smallest absolute Gasteiger partial charge is 0.341 e. The summed E-state index contributed by atoms with van der Waals surface area (Å²) in [6.45, 7) is 3.94. The number of fused-ring (bicyclic) bond motifs is 1. The van der Waals surface area contributed by atoms with Gasteiger partial charge in [0.1, 0.15) is 16.5 Å². The van der Waals surface area contributed by atoms with Gasteiger partial charge in [-0.2, -0.15) is 0 Å². The van der Waals surface area contributed by atoms with E-state index < -0.39 is 0 Å². The van der Waals surface area contributed by atoms with Crippen molar-refractivity contribution < 1.29 is 18.7 Å². The maximum Gasteiger partial charge on any atom is 0.341 e. The van der Waals surface area contributed by atoms with Crippen LogP contribution in [-0.2, 0) is 22.4 Å². The molecule has 6 heteroatoms. The second kappa shape index (κ2) is 7.70. The molecule has 0 unspecified atom stereocenters. The van der Waals surface area contributed by atoms with Crippen molar-refractivity contribution in [2.75, 3.05) is 11.9 Å². The van der Waals surface area contributed by atoms with Crippen LogP contribution >= 0.6 is 11.3 Å².